The van der Waals surface area contributed by atoms with E-state index in [0.717, 1.165) is 35.3 Å². The summed E-state index contributed by atoms with van der Waals surface area (Å²) < 4.78 is 13.1. The van der Waals surface area contributed by atoms with Gasteiger partial charge >= 0.3 is 0 Å². The summed E-state index contributed by atoms with van der Waals surface area (Å²) >= 11 is 1.14. The van der Waals surface area contributed by atoms with E-state index in [-0.39, 0.29) is 16.2 Å². The fourth-order valence-corrected chi connectivity index (χ4v) is 4.68. The second-order valence-electron chi connectivity index (χ2n) is 8.31. The Bertz CT molecular complexity index is 1450. The van der Waals surface area contributed by atoms with Gasteiger partial charge in [0.1, 0.15) is 5.69 Å². The first-order valence-electron chi connectivity index (χ1n) is 11.9. The lowest BCUT2D eigenvalue weighted by molar-refractivity contribution is 0.285. The fourth-order valence-electron chi connectivity index (χ4n) is 3.77. The second-order valence-corrected chi connectivity index (χ2v) is 9.32. The molecular formula is C27H29N3O4S. The minimum atomic E-state index is -0.417. The number of hydrogen-bond donors (Lipinski definition) is 0. The molecule has 2 heterocycles. The SMILES string of the molecule is CCCCCCCOc1ccc(C=c2sc3nc(=O)c(Cc4ccccc4)nn3c2=O)cc1OC. The number of unbranched alkanes of at least 4 members (excludes halogenated alkanes) is 4. The van der Waals surface area contributed by atoms with Gasteiger partial charge in [0.05, 0.1) is 18.2 Å². The molecule has 0 aliphatic rings. The minimum Gasteiger partial charge on any atom is -0.493 e. The number of ether oxygens (including phenoxy) is 2. The summed E-state index contributed by atoms with van der Waals surface area (Å²) in [4.78, 5) is 29.9. The van der Waals surface area contributed by atoms with Crippen LogP contribution in [-0.2, 0) is 6.42 Å². The fraction of sp³-hybridized carbons (Fsp3) is 0.333. The standard InChI is InChI=1S/C27H29N3O4S/c1-3-4-5-6-10-15-34-22-14-13-20(17-23(22)33-2)18-24-26(32)30-27(35-24)28-25(31)21(29-30)16-19-11-8-7-9-12-19/h7-9,11-14,17-18H,3-6,10,15-16H2,1-2H3. The summed E-state index contributed by atoms with van der Waals surface area (Å²) in [5, 5.41) is 4.31. The van der Waals surface area contributed by atoms with Gasteiger partial charge in [0.25, 0.3) is 11.1 Å². The summed E-state index contributed by atoms with van der Waals surface area (Å²) in [6.45, 7) is 2.84. The van der Waals surface area contributed by atoms with E-state index in [2.05, 4.69) is 17.0 Å². The quantitative estimate of drug-likeness (QED) is 0.295. The Morgan fingerprint density at radius 1 is 1.00 bits per heavy atom. The average Bonchev–Trinajstić information content (AvgIpc) is 3.16. The van der Waals surface area contributed by atoms with Crippen LogP contribution in [0.3, 0.4) is 0 Å². The Hall–Kier alpha value is -3.52. The first-order valence-corrected chi connectivity index (χ1v) is 12.7. The highest BCUT2D eigenvalue weighted by Gasteiger charge is 2.12. The highest BCUT2D eigenvalue weighted by Crippen LogP contribution is 2.28. The summed E-state index contributed by atoms with van der Waals surface area (Å²) in [5.41, 5.74) is 1.24. The van der Waals surface area contributed by atoms with Crippen LogP contribution in [0, 0.1) is 0 Å². The monoisotopic (exact) mass is 491 g/mol. The first-order chi connectivity index (χ1) is 17.1. The Kier molecular flexibility index (Phi) is 8.26. The molecule has 0 atom stereocenters. The average molecular weight is 492 g/mol. The molecular weight excluding hydrogens is 462 g/mol. The van der Waals surface area contributed by atoms with Crippen molar-refractivity contribution in [2.24, 2.45) is 0 Å². The predicted octanol–water partition coefficient (Wildman–Crippen LogP) is 4.01. The number of fused-ring (bicyclic) bond motifs is 1. The Morgan fingerprint density at radius 2 is 1.80 bits per heavy atom. The van der Waals surface area contributed by atoms with Crippen molar-refractivity contribution in [1.82, 2.24) is 14.6 Å². The molecule has 4 aromatic rings. The van der Waals surface area contributed by atoms with Crippen molar-refractivity contribution >= 4 is 22.4 Å². The topological polar surface area (TPSA) is 82.8 Å². The van der Waals surface area contributed by atoms with Gasteiger partial charge in [-0.2, -0.15) is 14.6 Å². The smallest absolute Gasteiger partial charge is 0.296 e. The molecule has 0 N–H and O–H groups in total. The van der Waals surface area contributed by atoms with Crippen LogP contribution >= 0.6 is 11.3 Å². The van der Waals surface area contributed by atoms with E-state index in [0.29, 0.717) is 29.1 Å². The molecule has 0 aliphatic heterocycles. The van der Waals surface area contributed by atoms with Crippen molar-refractivity contribution in [3.8, 4) is 11.5 Å². The molecule has 0 fully saturated rings. The highest BCUT2D eigenvalue weighted by atomic mass is 32.1. The van der Waals surface area contributed by atoms with Crippen molar-refractivity contribution < 1.29 is 9.47 Å². The van der Waals surface area contributed by atoms with Gasteiger partial charge in [-0.1, -0.05) is 80.3 Å². The predicted molar refractivity (Wildman–Crippen MR) is 139 cm³/mol. The molecule has 0 aliphatic carbocycles. The van der Waals surface area contributed by atoms with Crippen molar-refractivity contribution in [3.05, 3.63) is 90.6 Å². The van der Waals surface area contributed by atoms with Crippen molar-refractivity contribution in [3.63, 3.8) is 0 Å². The Morgan fingerprint density at radius 3 is 2.57 bits per heavy atom. The zero-order valence-corrected chi connectivity index (χ0v) is 20.8. The molecule has 0 amide bonds. The van der Waals surface area contributed by atoms with Gasteiger partial charge in [-0.15, -0.1) is 0 Å². The molecule has 0 unspecified atom stereocenters. The van der Waals surface area contributed by atoms with E-state index < -0.39 is 5.56 Å². The Balaban J connectivity index is 1.56. The molecule has 0 saturated heterocycles. The second kappa shape index (κ2) is 11.8. The van der Waals surface area contributed by atoms with Crippen LogP contribution in [0.4, 0.5) is 0 Å². The summed E-state index contributed by atoms with van der Waals surface area (Å²) in [7, 11) is 1.60. The summed E-state index contributed by atoms with van der Waals surface area (Å²) in [5.74, 6) is 1.29. The van der Waals surface area contributed by atoms with Gasteiger partial charge in [0.2, 0.25) is 4.96 Å². The van der Waals surface area contributed by atoms with Gasteiger partial charge in [0.15, 0.2) is 11.5 Å². The maximum absolute atomic E-state index is 13.0. The molecule has 2 aromatic carbocycles. The van der Waals surface area contributed by atoms with Crippen molar-refractivity contribution in [2.45, 2.75) is 45.4 Å². The van der Waals surface area contributed by atoms with E-state index in [4.69, 9.17) is 9.47 Å². The number of hydrogen-bond acceptors (Lipinski definition) is 7. The van der Waals surface area contributed by atoms with E-state index in [1.807, 2.05) is 48.5 Å². The maximum atomic E-state index is 13.0. The van der Waals surface area contributed by atoms with Crippen LogP contribution in [0.25, 0.3) is 11.0 Å². The molecule has 2 aromatic heterocycles. The first kappa shape index (κ1) is 24.6. The number of thiazole rings is 1. The van der Waals surface area contributed by atoms with E-state index in [1.165, 1.54) is 23.8 Å². The number of methoxy groups -OCH3 is 1. The zero-order valence-electron chi connectivity index (χ0n) is 20.0. The number of nitrogens with zero attached hydrogens (tertiary/aromatic N) is 3. The molecule has 182 valence electrons. The van der Waals surface area contributed by atoms with Gasteiger partial charge in [-0.3, -0.25) is 9.59 Å². The van der Waals surface area contributed by atoms with E-state index >= 15 is 0 Å². The lowest BCUT2D eigenvalue weighted by Crippen LogP contribution is -2.28. The van der Waals surface area contributed by atoms with E-state index in [9.17, 15) is 9.59 Å². The van der Waals surface area contributed by atoms with Gasteiger partial charge in [0, 0.05) is 6.42 Å². The third-order valence-electron chi connectivity index (χ3n) is 5.66. The number of rotatable bonds is 11. The molecule has 8 heteroatoms. The van der Waals surface area contributed by atoms with E-state index in [1.54, 1.807) is 13.2 Å². The molecule has 0 radical (unpaired) electrons. The molecule has 7 nitrogen and oxygen atoms in total. The molecule has 0 spiro atoms. The molecule has 0 saturated carbocycles. The normalized spacial score (nSPS) is 11.8. The van der Waals surface area contributed by atoms with Crippen LogP contribution in [0.2, 0.25) is 0 Å². The summed E-state index contributed by atoms with van der Waals surface area (Å²) in [6, 6.07) is 15.1. The lowest BCUT2D eigenvalue weighted by atomic mass is 10.1. The summed E-state index contributed by atoms with van der Waals surface area (Å²) in [6.07, 6.45) is 7.92. The van der Waals surface area contributed by atoms with Gasteiger partial charge in [-0.05, 0) is 35.8 Å². The van der Waals surface area contributed by atoms with Gasteiger partial charge < -0.3 is 9.47 Å². The van der Waals surface area contributed by atoms with Gasteiger partial charge in [-0.25, -0.2) is 0 Å². The molecule has 35 heavy (non-hydrogen) atoms. The van der Waals surface area contributed by atoms with Crippen molar-refractivity contribution in [1.29, 1.82) is 0 Å². The van der Waals surface area contributed by atoms with Crippen molar-refractivity contribution in [2.75, 3.05) is 13.7 Å². The maximum Gasteiger partial charge on any atom is 0.296 e. The Labute approximate surface area is 207 Å². The van der Waals surface area contributed by atoms with Crippen LogP contribution in [0.15, 0.2) is 58.1 Å². The largest absolute Gasteiger partial charge is 0.493 e. The van der Waals surface area contributed by atoms with Crippen LogP contribution in [-0.4, -0.2) is 28.3 Å². The van der Waals surface area contributed by atoms with Crippen LogP contribution in [0.1, 0.15) is 55.8 Å². The highest BCUT2D eigenvalue weighted by molar-refractivity contribution is 7.15. The number of benzene rings is 2. The number of aromatic nitrogens is 3. The third kappa shape index (κ3) is 6.14. The molecule has 4 rings (SSSR count). The zero-order chi connectivity index (χ0) is 24.6. The van der Waals surface area contributed by atoms with Crippen LogP contribution in [0.5, 0.6) is 11.5 Å². The lowest BCUT2D eigenvalue weighted by Gasteiger charge is -2.11. The minimum absolute atomic E-state index is 0.244. The van der Waals surface area contributed by atoms with Crippen LogP contribution < -0.4 is 25.1 Å². The third-order valence-corrected chi connectivity index (χ3v) is 6.61. The molecule has 0 bridgehead atoms.